The lowest BCUT2D eigenvalue weighted by atomic mass is 10.2. The van der Waals surface area contributed by atoms with Crippen LogP contribution in [0.4, 0.5) is 0 Å². The van der Waals surface area contributed by atoms with Crippen molar-refractivity contribution in [3.05, 3.63) is 35.4 Å². The highest BCUT2D eigenvalue weighted by molar-refractivity contribution is 9.10. The van der Waals surface area contributed by atoms with Crippen molar-refractivity contribution in [2.75, 3.05) is 0 Å². The normalized spacial score (nSPS) is 13.0. The Morgan fingerprint density at radius 2 is 0.929 bits per heavy atom. The van der Waals surface area contributed by atoms with Gasteiger partial charge in [0.15, 0.2) is 6.49 Å². The lowest BCUT2D eigenvalue weighted by molar-refractivity contribution is 1.23. The van der Waals surface area contributed by atoms with Gasteiger partial charge in [-0.15, -0.1) is 0 Å². The van der Waals surface area contributed by atoms with Crippen molar-refractivity contribution in [2.45, 2.75) is 6.49 Å². The third-order valence-corrected chi connectivity index (χ3v) is 3.33. The third kappa shape index (κ3) is 3.73. The van der Waals surface area contributed by atoms with Gasteiger partial charge in [-0.1, -0.05) is 70.7 Å². The zero-order chi connectivity index (χ0) is 11.0. The van der Waals surface area contributed by atoms with Gasteiger partial charge in [0.05, 0.1) is 0 Å². The summed E-state index contributed by atoms with van der Waals surface area (Å²) < 4.78 is -2.17. The summed E-state index contributed by atoms with van der Waals surface area (Å²) in [6.07, 6.45) is 0. The minimum atomic E-state index is -1.08. The van der Waals surface area contributed by atoms with Crippen LogP contribution in [-0.2, 0) is 6.49 Å². The summed E-state index contributed by atoms with van der Waals surface area (Å²) >= 11 is 29.5. The first kappa shape index (κ1) is 13.4. The number of alkyl halides is 6. The van der Waals surface area contributed by atoms with Gasteiger partial charge in [-0.2, -0.15) is 0 Å². The fraction of sp³-hybridized carbons (Fsp3) is 0.250. The number of benzene rings is 1. The highest BCUT2D eigenvalue weighted by Crippen LogP contribution is 2.43. The molecule has 0 radical (unpaired) electrons. The molecule has 78 valence electrons. The van der Waals surface area contributed by atoms with Crippen LogP contribution < -0.4 is 0 Å². The van der Waals surface area contributed by atoms with Crippen LogP contribution in [-0.4, -0.2) is 0 Å². The quantitative estimate of drug-likeness (QED) is 0.562. The Hall–Kier alpha value is 1.34. The Kier molecular flexibility index (Phi) is 4.49. The van der Waals surface area contributed by atoms with Crippen molar-refractivity contribution in [1.82, 2.24) is 0 Å². The Labute approximate surface area is 119 Å². The van der Waals surface area contributed by atoms with Crippen LogP contribution in [0.15, 0.2) is 24.3 Å². The predicted octanol–water partition coefficient (Wildman–Crippen LogP) is 5.65. The topological polar surface area (TPSA) is 0 Å². The van der Waals surface area contributed by atoms with Crippen LogP contribution in [0, 0.1) is 0 Å². The molecule has 14 heavy (non-hydrogen) atoms. The van der Waals surface area contributed by atoms with E-state index in [1.807, 2.05) is 0 Å². The van der Waals surface area contributed by atoms with Gasteiger partial charge in [-0.3, -0.25) is 0 Å². The molecule has 1 aromatic rings. The van der Waals surface area contributed by atoms with Crippen LogP contribution in [0.25, 0.3) is 0 Å². The van der Waals surface area contributed by atoms with E-state index in [-0.39, 0.29) is 0 Å². The fourth-order valence-corrected chi connectivity index (χ4v) is 1.88. The highest BCUT2D eigenvalue weighted by atomic mass is 79.9. The molecule has 0 spiro atoms. The average Bonchev–Trinajstić information content (AvgIpc) is 2.01. The molecule has 0 bridgehead atoms. The zero-order valence-electron chi connectivity index (χ0n) is 6.58. The van der Waals surface area contributed by atoms with E-state index in [1.165, 1.54) is 0 Å². The van der Waals surface area contributed by atoms with E-state index in [9.17, 15) is 0 Å². The Balaban J connectivity index is 3.02. The van der Waals surface area contributed by atoms with Crippen molar-refractivity contribution in [1.29, 1.82) is 0 Å². The van der Waals surface area contributed by atoms with E-state index < -0.39 is 6.49 Å². The van der Waals surface area contributed by atoms with E-state index in [0.717, 1.165) is 11.1 Å². The summed E-state index contributed by atoms with van der Waals surface area (Å²) in [5.41, 5.74) is 1.43. The molecule has 0 fully saturated rings. The van der Waals surface area contributed by atoms with Gasteiger partial charge < -0.3 is 0 Å². The van der Waals surface area contributed by atoms with Gasteiger partial charge >= 0.3 is 0 Å². The zero-order valence-corrected chi connectivity index (χ0v) is 12.8. The summed E-state index contributed by atoms with van der Waals surface area (Å²) in [4.78, 5) is 0. The minimum Gasteiger partial charge on any atom is -0.0834 e. The molecule has 1 aromatic carbocycles. The van der Waals surface area contributed by atoms with Crippen LogP contribution in [0.1, 0.15) is 11.1 Å². The molecule has 0 aliphatic rings. The van der Waals surface area contributed by atoms with Crippen molar-refractivity contribution in [3.8, 4) is 0 Å². The van der Waals surface area contributed by atoms with E-state index in [0.29, 0.717) is 0 Å². The van der Waals surface area contributed by atoms with Crippen molar-refractivity contribution in [2.24, 2.45) is 0 Å². The standard InChI is InChI=1S/C8H4Br2Cl4/c9-7(11,12)5-1-2-6(4-3-5)8(10,13)14/h1-4H. The second kappa shape index (κ2) is 4.68. The largest absolute Gasteiger partial charge is 0.197 e. The lowest BCUT2D eigenvalue weighted by Gasteiger charge is -2.15. The number of hydrogen-bond acceptors (Lipinski definition) is 0. The van der Waals surface area contributed by atoms with E-state index >= 15 is 0 Å². The van der Waals surface area contributed by atoms with Gasteiger partial charge in [0.1, 0.15) is 0 Å². The molecular formula is C8H4Br2Cl4. The molecule has 0 aliphatic heterocycles. The smallest absolute Gasteiger partial charge is 0.0834 e. The van der Waals surface area contributed by atoms with Gasteiger partial charge in [0.25, 0.3) is 0 Å². The number of halogens is 6. The summed E-state index contributed by atoms with van der Waals surface area (Å²) in [5, 5.41) is 0. The summed E-state index contributed by atoms with van der Waals surface area (Å²) in [6, 6.07) is 6.96. The van der Waals surface area contributed by atoms with Crippen molar-refractivity contribution in [3.63, 3.8) is 0 Å². The third-order valence-electron chi connectivity index (χ3n) is 1.54. The van der Waals surface area contributed by atoms with E-state index in [2.05, 4.69) is 31.9 Å². The molecule has 0 unspecified atom stereocenters. The van der Waals surface area contributed by atoms with Gasteiger partial charge in [0.2, 0.25) is 0 Å². The average molecular weight is 402 g/mol. The number of hydrogen-bond donors (Lipinski definition) is 0. The molecule has 0 nitrogen and oxygen atoms in total. The molecule has 0 aliphatic carbocycles. The van der Waals surface area contributed by atoms with Crippen LogP contribution in [0.3, 0.4) is 0 Å². The van der Waals surface area contributed by atoms with Gasteiger partial charge in [-0.05, 0) is 43.0 Å². The molecule has 0 aromatic heterocycles. The Bertz CT molecular complexity index is 277. The van der Waals surface area contributed by atoms with Crippen molar-refractivity contribution < 1.29 is 0 Å². The summed E-state index contributed by atoms with van der Waals surface area (Å²) in [6.45, 7) is 0. The minimum absolute atomic E-state index is 0.717. The monoisotopic (exact) mass is 398 g/mol. The maximum Gasteiger partial charge on any atom is 0.197 e. The predicted molar refractivity (Wildman–Crippen MR) is 71.1 cm³/mol. The number of rotatable bonds is 2. The van der Waals surface area contributed by atoms with Crippen LogP contribution >= 0.6 is 78.3 Å². The molecule has 0 amide bonds. The van der Waals surface area contributed by atoms with Gasteiger partial charge in [-0.25, -0.2) is 0 Å². The Morgan fingerprint density at radius 1 is 0.714 bits per heavy atom. The first-order chi connectivity index (χ1) is 6.21. The molecular weight excluding hydrogens is 398 g/mol. The fourth-order valence-electron chi connectivity index (χ4n) is 0.848. The second-order valence-electron chi connectivity index (χ2n) is 2.57. The second-order valence-corrected chi connectivity index (χ2v) is 9.43. The molecule has 0 atom stereocenters. The Morgan fingerprint density at radius 3 is 1.07 bits per heavy atom. The molecule has 0 saturated carbocycles. The maximum atomic E-state index is 5.83. The summed E-state index contributed by atoms with van der Waals surface area (Å²) in [5.74, 6) is 0. The van der Waals surface area contributed by atoms with Crippen molar-refractivity contribution >= 4 is 78.3 Å². The molecule has 0 heterocycles. The molecule has 0 N–H and O–H groups in total. The maximum absolute atomic E-state index is 5.83. The molecule has 6 heteroatoms. The summed E-state index contributed by atoms with van der Waals surface area (Å²) in [7, 11) is 0. The van der Waals surface area contributed by atoms with Gasteiger partial charge in [0, 0.05) is 0 Å². The molecule has 1 rings (SSSR count). The SMILES string of the molecule is ClC(Cl)(Br)c1ccc(C(Cl)(Cl)Br)cc1. The van der Waals surface area contributed by atoms with Crippen LogP contribution in [0.5, 0.6) is 0 Å². The van der Waals surface area contributed by atoms with E-state index in [1.54, 1.807) is 24.3 Å². The first-order valence-electron chi connectivity index (χ1n) is 3.46. The highest BCUT2D eigenvalue weighted by Gasteiger charge is 2.25. The molecule has 0 saturated heterocycles. The first-order valence-corrected chi connectivity index (χ1v) is 6.55. The van der Waals surface area contributed by atoms with E-state index in [4.69, 9.17) is 46.4 Å². The van der Waals surface area contributed by atoms with Crippen LogP contribution in [0.2, 0.25) is 0 Å². The lowest BCUT2D eigenvalue weighted by Crippen LogP contribution is -2.02.